The number of aromatic nitrogens is 1. The van der Waals surface area contributed by atoms with Crippen molar-refractivity contribution in [2.24, 2.45) is 0 Å². The SMILES string of the molecule is COCCNC1(c2nc(C)c(C)s2)CC(C)OC(C)C1. The number of nitrogens with zero attached hydrogens (tertiary/aromatic N) is 1. The summed E-state index contributed by atoms with van der Waals surface area (Å²) in [6, 6.07) is 0. The van der Waals surface area contributed by atoms with Gasteiger partial charge in [0.25, 0.3) is 0 Å². The number of nitrogens with one attached hydrogen (secondary N) is 1. The Morgan fingerprint density at radius 3 is 2.50 bits per heavy atom. The lowest BCUT2D eigenvalue weighted by molar-refractivity contribution is -0.0721. The molecule has 2 unspecified atom stereocenters. The third-order valence-corrected chi connectivity index (χ3v) is 5.22. The predicted molar refractivity (Wildman–Crippen MR) is 82.4 cm³/mol. The quantitative estimate of drug-likeness (QED) is 0.849. The average molecular weight is 298 g/mol. The first-order valence-corrected chi connectivity index (χ1v) is 8.12. The molecule has 5 heteroatoms. The minimum Gasteiger partial charge on any atom is -0.383 e. The summed E-state index contributed by atoms with van der Waals surface area (Å²) < 4.78 is 11.1. The molecular weight excluding hydrogens is 272 g/mol. The van der Waals surface area contributed by atoms with Gasteiger partial charge < -0.3 is 14.8 Å². The van der Waals surface area contributed by atoms with Crippen molar-refractivity contribution in [1.29, 1.82) is 0 Å². The molecule has 0 aromatic carbocycles. The molecule has 4 nitrogen and oxygen atoms in total. The van der Waals surface area contributed by atoms with Crippen molar-refractivity contribution >= 4 is 11.3 Å². The summed E-state index contributed by atoms with van der Waals surface area (Å²) in [5, 5.41) is 4.90. The van der Waals surface area contributed by atoms with Gasteiger partial charge in [-0.05, 0) is 40.5 Å². The standard InChI is InChI=1S/C15H26N2O2S/c1-10-8-15(9-11(2)19-10,16-6-7-18-5)14-17-12(3)13(4)20-14/h10-11,16H,6-9H2,1-5H3. The minimum absolute atomic E-state index is 0.0701. The minimum atomic E-state index is -0.0701. The Labute approximate surface area is 125 Å². The van der Waals surface area contributed by atoms with E-state index in [9.17, 15) is 0 Å². The van der Waals surface area contributed by atoms with Gasteiger partial charge in [-0.1, -0.05) is 0 Å². The van der Waals surface area contributed by atoms with Crippen LogP contribution in [-0.2, 0) is 15.0 Å². The van der Waals surface area contributed by atoms with Crippen LogP contribution in [0.25, 0.3) is 0 Å². The molecule has 114 valence electrons. The van der Waals surface area contributed by atoms with Crippen LogP contribution in [0.4, 0.5) is 0 Å². The zero-order valence-corrected chi connectivity index (χ0v) is 14.0. The van der Waals surface area contributed by atoms with Crippen LogP contribution in [0.2, 0.25) is 0 Å². The van der Waals surface area contributed by atoms with Crippen molar-refractivity contribution in [3.63, 3.8) is 0 Å². The predicted octanol–water partition coefficient (Wildman–Crippen LogP) is 2.78. The monoisotopic (exact) mass is 298 g/mol. The van der Waals surface area contributed by atoms with Gasteiger partial charge in [0.1, 0.15) is 5.01 Å². The Balaban J connectivity index is 2.27. The summed E-state index contributed by atoms with van der Waals surface area (Å²) in [7, 11) is 1.74. The van der Waals surface area contributed by atoms with Crippen molar-refractivity contribution in [3.05, 3.63) is 15.6 Å². The molecular formula is C15H26N2O2S. The van der Waals surface area contributed by atoms with E-state index in [0.29, 0.717) is 6.61 Å². The highest BCUT2D eigenvalue weighted by Crippen LogP contribution is 2.39. The van der Waals surface area contributed by atoms with Crippen LogP contribution in [-0.4, -0.2) is 37.5 Å². The highest BCUT2D eigenvalue weighted by Gasteiger charge is 2.42. The topological polar surface area (TPSA) is 43.4 Å². The van der Waals surface area contributed by atoms with Gasteiger partial charge in [0.15, 0.2) is 0 Å². The highest BCUT2D eigenvalue weighted by molar-refractivity contribution is 7.11. The van der Waals surface area contributed by atoms with Gasteiger partial charge in [0.05, 0.1) is 30.0 Å². The first-order chi connectivity index (χ1) is 9.47. The van der Waals surface area contributed by atoms with Crippen LogP contribution in [0.1, 0.15) is 42.3 Å². The van der Waals surface area contributed by atoms with E-state index in [-0.39, 0.29) is 17.7 Å². The molecule has 2 heterocycles. The van der Waals surface area contributed by atoms with Crippen molar-refractivity contribution in [2.75, 3.05) is 20.3 Å². The molecule has 1 fully saturated rings. The van der Waals surface area contributed by atoms with Gasteiger partial charge in [-0.15, -0.1) is 11.3 Å². The number of hydrogen-bond acceptors (Lipinski definition) is 5. The summed E-state index contributed by atoms with van der Waals surface area (Å²) in [5.74, 6) is 0. The van der Waals surface area contributed by atoms with E-state index in [1.54, 1.807) is 7.11 Å². The number of methoxy groups -OCH3 is 1. The number of ether oxygens (including phenoxy) is 2. The van der Waals surface area contributed by atoms with Gasteiger partial charge in [0.2, 0.25) is 0 Å². The van der Waals surface area contributed by atoms with Crippen LogP contribution in [0.15, 0.2) is 0 Å². The van der Waals surface area contributed by atoms with Crippen LogP contribution in [0.5, 0.6) is 0 Å². The summed E-state index contributed by atoms with van der Waals surface area (Å²) in [6.45, 7) is 10.1. The molecule has 0 amide bonds. The van der Waals surface area contributed by atoms with Gasteiger partial charge in [0, 0.05) is 18.5 Å². The fraction of sp³-hybridized carbons (Fsp3) is 0.800. The molecule has 1 aliphatic rings. The number of aryl methyl sites for hydroxylation is 2. The summed E-state index contributed by atoms with van der Waals surface area (Å²) in [6.07, 6.45) is 2.43. The number of rotatable bonds is 5. The molecule has 2 atom stereocenters. The third-order valence-electron chi connectivity index (χ3n) is 3.94. The second-order valence-electron chi connectivity index (χ2n) is 5.83. The first-order valence-electron chi connectivity index (χ1n) is 7.31. The maximum atomic E-state index is 5.91. The highest BCUT2D eigenvalue weighted by atomic mass is 32.1. The normalized spacial score (nSPS) is 30.6. The van der Waals surface area contributed by atoms with E-state index in [1.807, 2.05) is 11.3 Å². The zero-order chi connectivity index (χ0) is 14.8. The van der Waals surface area contributed by atoms with Crippen molar-refractivity contribution in [2.45, 2.75) is 58.3 Å². The van der Waals surface area contributed by atoms with E-state index < -0.39 is 0 Å². The number of thiazole rings is 1. The van der Waals surface area contributed by atoms with Crippen molar-refractivity contribution in [1.82, 2.24) is 10.3 Å². The second-order valence-corrected chi connectivity index (χ2v) is 7.03. The van der Waals surface area contributed by atoms with E-state index in [1.165, 1.54) is 9.88 Å². The second kappa shape index (κ2) is 6.52. The largest absolute Gasteiger partial charge is 0.383 e. The van der Waals surface area contributed by atoms with Gasteiger partial charge >= 0.3 is 0 Å². The van der Waals surface area contributed by atoms with Crippen molar-refractivity contribution < 1.29 is 9.47 Å². The Morgan fingerprint density at radius 1 is 1.35 bits per heavy atom. The number of hydrogen-bond donors (Lipinski definition) is 1. The van der Waals surface area contributed by atoms with Gasteiger partial charge in [-0.2, -0.15) is 0 Å². The molecule has 0 radical (unpaired) electrons. The molecule has 1 N–H and O–H groups in total. The summed E-state index contributed by atoms with van der Waals surface area (Å²) >= 11 is 1.81. The maximum Gasteiger partial charge on any atom is 0.113 e. The fourth-order valence-electron chi connectivity index (χ4n) is 3.02. The van der Waals surface area contributed by atoms with Crippen molar-refractivity contribution in [3.8, 4) is 0 Å². The Morgan fingerprint density at radius 2 is 2.00 bits per heavy atom. The summed E-state index contributed by atoms with van der Waals surface area (Å²) in [5.41, 5.74) is 1.07. The lowest BCUT2D eigenvalue weighted by Crippen LogP contribution is -2.51. The zero-order valence-electron chi connectivity index (χ0n) is 13.2. The fourth-order valence-corrected chi connectivity index (χ4v) is 4.12. The molecule has 0 aliphatic carbocycles. The third kappa shape index (κ3) is 3.39. The van der Waals surface area contributed by atoms with E-state index in [2.05, 4.69) is 33.0 Å². The molecule has 0 bridgehead atoms. The molecule has 20 heavy (non-hydrogen) atoms. The maximum absolute atomic E-state index is 5.91. The van der Waals surface area contributed by atoms with Gasteiger partial charge in [-0.3, -0.25) is 0 Å². The molecule has 2 rings (SSSR count). The first kappa shape index (κ1) is 15.9. The molecule has 0 spiro atoms. The van der Waals surface area contributed by atoms with E-state index in [0.717, 1.165) is 25.1 Å². The Hall–Kier alpha value is -0.490. The lowest BCUT2D eigenvalue weighted by atomic mass is 9.84. The molecule has 0 saturated carbocycles. The lowest BCUT2D eigenvalue weighted by Gasteiger charge is -2.42. The van der Waals surface area contributed by atoms with Crippen LogP contribution >= 0.6 is 11.3 Å². The molecule has 1 saturated heterocycles. The Kier molecular flexibility index (Phi) is 5.18. The summed E-state index contributed by atoms with van der Waals surface area (Å²) in [4.78, 5) is 6.12. The van der Waals surface area contributed by atoms with E-state index >= 15 is 0 Å². The molecule has 1 aromatic heterocycles. The smallest absolute Gasteiger partial charge is 0.113 e. The van der Waals surface area contributed by atoms with E-state index in [4.69, 9.17) is 14.5 Å². The van der Waals surface area contributed by atoms with Gasteiger partial charge in [-0.25, -0.2) is 4.98 Å². The molecule has 1 aromatic rings. The average Bonchev–Trinajstić information content (AvgIpc) is 2.69. The van der Waals surface area contributed by atoms with Crippen LogP contribution < -0.4 is 5.32 Å². The van der Waals surface area contributed by atoms with Crippen LogP contribution in [0, 0.1) is 13.8 Å². The van der Waals surface area contributed by atoms with Crippen LogP contribution in [0.3, 0.4) is 0 Å². The molecule has 1 aliphatic heterocycles. The Bertz CT molecular complexity index is 418.